The third-order valence-corrected chi connectivity index (χ3v) is 5.19. The molecule has 3 amide bonds. The predicted octanol–water partition coefficient (Wildman–Crippen LogP) is 2.31. The van der Waals surface area contributed by atoms with Crippen LogP contribution in [-0.4, -0.2) is 37.3 Å². The van der Waals surface area contributed by atoms with Gasteiger partial charge in [0.15, 0.2) is 0 Å². The Morgan fingerprint density at radius 1 is 0.900 bits per heavy atom. The Morgan fingerprint density at radius 2 is 1.60 bits per heavy atom. The van der Waals surface area contributed by atoms with E-state index < -0.39 is 11.9 Å². The van der Waals surface area contributed by atoms with Crippen molar-refractivity contribution in [3.63, 3.8) is 0 Å². The van der Waals surface area contributed by atoms with Crippen molar-refractivity contribution in [3.05, 3.63) is 48.5 Å². The number of anilines is 2. The lowest BCUT2D eigenvalue weighted by molar-refractivity contribution is -0.139. The van der Waals surface area contributed by atoms with Gasteiger partial charge in [0.05, 0.1) is 18.7 Å². The van der Waals surface area contributed by atoms with Gasteiger partial charge < -0.3 is 14.4 Å². The van der Waals surface area contributed by atoms with Crippen LogP contribution in [0.25, 0.3) is 0 Å². The number of rotatable bonds is 5. The van der Waals surface area contributed by atoms with Crippen LogP contribution in [0.4, 0.5) is 11.4 Å². The highest BCUT2D eigenvalue weighted by molar-refractivity contribution is 6.19. The van der Waals surface area contributed by atoms with Crippen LogP contribution in [0.5, 0.6) is 11.5 Å². The maximum Gasteiger partial charge on any atom is 0.316 e. The Morgan fingerprint density at radius 3 is 2.27 bits per heavy atom. The van der Waals surface area contributed by atoms with Gasteiger partial charge >= 0.3 is 5.97 Å². The van der Waals surface area contributed by atoms with Gasteiger partial charge in [0.1, 0.15) is 11.5 Å². The number of carbonyl (C=O) groups is 4. The normalized spacial score (nSPS) is 18.8. The first-order chi connectivity index (χ1) is 14.5. The average molecular weight is 408 g/mol. The van der Waals surface area contributed by atoms with Crippen LogP contribution in [0.2, 0.25) is 0 Å². The van der Waals surface area contributed by atoms with Gasteiger partial charge in [0, 0.05) is 37.6 Å². The lowest BCUT2D eigenvalue weighted by Crippen LogP contribution is -2.29. The van der Waals surface area contributed by atoms with Gasteiger partial charge in [-0.3, -0.25) is 24.1 Å². The second-order valence-electron chi connectivity index (χ2n) is 7.14. The standard InChI is InChI=1S/C22H20N2O6/c1-29-17-7-5-15(6-8-17)23-13-14(11-21(23)27)22(28)30-18-4-2-3-16(12-18)24-19(25)9-10-20(24)26/h2-8,12,14H,9-11,13H2,1H3. The fourth-order valence-corrected chi connectivity index (χ4v) is 3.63. The van der Waals surface area contributed by atoms with E-state index in [0.29, 0.717) is 17.1 Å². The molecule has 2 aromatic carbocycles. The largest absolute Gasteiger partial charge is 0.497 e. The second kappa shape index (κ2) is 7.98. The smallest absolute Gasteiger partial charge is 0.316 e. The van der Waals surface area contributed by atoms with E-state index >= 15 is 0 Å². The minimum atomic E-state index is -0.613. The second-order valence-corrected chi connectivity index (χ2v) is 7.14. The van der Waals surface area contributed by atoms with Crippen molar-refractivity contribution in [1.82, 2.24) is 0 Å². The summed E-state index contributed by atoms with van der Waals surface area (Å²) >= 11 is 0. The van der Waals surface area contributed by atoms with Gasteiger partial charge in [-0.2, -0.15) is 0 Å². The van der Waals surface area contributed by atoms with Gasteiger partial charge in [0.25, 0.3) is 0 Å². The Balaban J connectivity index is 1.44. The number of imide groups is 1. The topological polar surface area (TPSA) is 93.2 Å². The monoisotopic (exact) mass is 408 g/mol. The summed E-state index contributed by atoms with van der Waals surface area (Å²) in [6.07, 6.45) is 0.399. The number of nitrogens with zero attached hydrogens (tertiary/aromatic N) is 2. The molecule has 2 fully saturated rings. The summed E-state index contributed by atoms with van der Waals surface area (Å²) in [4.78, 5) is 51.5. The lowest BCUT2D eigenvalue weighted by Gasteiger charge is -2.17. The van der Waals surface area contributed by atoms with Gasteiger partial charge in [-0.1, -0.05) is 6.07 Å². The summed E-state index contributed by atoms with van der Waals surface area (Å²) in [5.74, 6) is -0.963. The van der Waals surface area contributed by atoms with E-state index in [-0.39, 0.29) is 49.3 Å². The summed E-state index contributed by atoms with van der Waals surface area (Å²) in [5, 5.41) is 0. The van der Waals surface area contributed by atoms with Gasteiger partial charge in [-0.05, 0) is 36.4 Å². The Kier molecular flexibility index (Phi) is 5.22. The van der Waals surface area contributed by atoms with Crippen LogP contribution in [0, 0.1) is 5.92 Å². The van der Waals surface area contributed by atoms with Crippen LogP contribution in [0.3, 0.4) is 0 Å². The van der Waals surface area contributed by atoms with Crippen molar-refractivity contribution >= 4 is 35.1 Å². The molecule has 8 nitrogen and oxygen atoms in total. The number of ether oxygens (including phenoxy) is 2. The van der Waals surface area contributed by atoms with E-state index in [1.165, 1.54) is 6.07 Å². The SMILES string of the molecule is COc1ccc(N2CC(C(=O)Oc3cccc(N4C(=O)CCC4=O)c3)CC2=O)cc1. The fraction of sp³-hybridized carbons (Fsp3) is 0.273. The lowest BCUT2D eigenvalue weighted by atomic mass is 10.1. The van der Waals surface area contributed by atoms with Gasteiger partial charge in [0.2, 0.25) is 17.7 Å². The third kappa shape index (κ3) is 3.76. The number of methoxy groups -OCH3 is 1. The molecule has 1 unspecified atom stereocenters. The maximum atomic E-state index is 12.6. The number of carbonyl (C=O) groups excluding carboxylic acids is 4. The molecule has 0 aromatic heterocycles. The molecule has 4 rings (SSSR count). The Bertz CT molecular complexity index is 1000. The average Bonchev–Trinajstić information content (AvgIpc) is 3.30. The van der Waals surface area contributed by atoms with Crippen molar-refractivity contribution < 1.29 is 28.7 Å². The number of benzene rings is 2. The van der Waals surface area contributed by atoms with Crippen LogP contribution in [0.1, 0.15) is 19.3 Å². The molecule has 1 atom stereocenters. The summed E-state index contributed by atoms with van der Waals surface area (Å²) in [7, 11) is 1.56. The zero-order valence-corrected chi connectivity index (χ0v) is 16.4. The molecule has 0 saturated carbocycles. The van der Waals surface area contributed by atoms with Crippen LogP contribution in [0.15, 0.2) is 48.5 Å². The number of amides is 3. The highest BCUT2D eigenvalue weighted by atomic mass is 16.5. The van der Waals surface area contributed by atoms with E-state index in [2.05, 4.69) is 0 Å². The number of hydrogen-bond donors (Lipinski definition) is 0. The maximum absolute atomic E-state index is 12.6. The van der Waals surface area contributed by atoms with Crippen molar-refractivity contribution in [2.24, 2.45) is 5.92 Å². The molecule has 30 heavy (non-hydrogen) atoms. The molecule has 0 spiro atoms. The van der Waals surface area contributed by atoms with Crippen molar-refractivity contribution in [2.45, 2.75) is 19.3 Å². The van der Waals surface area contributed by atoms with Gasteiger partial charge in [-0.25, -0.2) is 0 Å². The highest BCUT2D eigenvalue weighted by Gasteiger charge is 2.36. The van der Waals surface area contributed by atoms with Gasteiger partial charge in [-0.15, -0.1) is 0 Å². The molecule has 2 aliphatic heterocycles. The first-order valence-corrected chi connectivity index (χ1v) is 9.58. The van der Waals surface area contributed by atoms with Crippen LogP contribution >= 0.6 is 0 Å². The van der Waals surface area contributed by atoms with Crippen LogP contribution < -0.4 is 19.3 Å². The Hall–Kier alpha value is -3.68. The highest BCUT2D eigenvalue weighted by Crippen LogP contribution is 2.30. The summed E-state index contributed by atoms with van der Waals surface area (Å²) < 4.78 is 10.6. The van der Waals surface area contributed by atoms with E-state index in [0.717, 1.165) is 4.90 Å². The molecule has 0 bridgehead atoms. The van der Waals surface area contributed by atoms with E-state index in [1.54, 1.807) is 54.5 Å². The molecule has 0 aliphatic carbocycles. The zero-order chi connectivity index (χ0) is 21.3. The summed E-state index contributed by atoms with van der Waals surface area (Å²) in [6, 6.07) is 13.3. The molecule has 2 aliphatic rings. The van der Waals surface area contributed by atoms with Crippen molar-refractivity contribution in [2.75, 3.05) is 23.5 Å². The molecule has 8 heteroatoms. The van der Waals surface area contributed by atoms with Crippen molar-refractivity contribution in [3.8, 4) is 11.5 Å². The number of hydrogen-bond acceptors (Lipinski definition) is 6. The number of esters is 1. The fourth-order valence-electron chi connectivity index (χ4n) is 3.63. The molecule has 0 N–H and O–H groups in total. The predicted molar refractivity (Wildman–Crippen MR) is 107 cm³/mol. The molecule has 2 aromatic rings. The zero-order valence-electron chi connectivity index (χ0n) is 16.4. The molecule has 2 heterocycles. The Labute approximate surface area is 173 Å². The summed E-state index contributed by atoms with van der Waals surface area (Å²) in [6.45, 7) is 0.215. The molecular formula is C22H20N2O6. The minimum Gasteiger partial charge on any atom is -0.497 e. The first kappa shape index (κ1) is 19.6. The molecule has 0 radical (unpaired) electrons. The van der Waals surface area contributed by atoms with Crippen molar-refractivity contribution in [1.29, 1.82) is 0 Å². The minimum absolute atomic E-state index is 0.0493. The first-order valence-electron chi connectivity index (χ1n) is 9.58. The van der Waals surface area contributed by atoms with E-state index in [9.17, 15) is 19.2 Å². The summed E-state index contributed by atoms with van der Waals surface area (Å²) in [5.41, 5.74) is 1.05. The molecule has 154 valence electrons. The van der Waals surface area contributed by atoms with E-state index in [1.807, 2.05) is 0 Å². The quantitative estimate of drug-likeness (QED) is 0.428. The molecule has 2 saturated heterocycles. The third-order valence-electron chi connectivity index (χ3n) is 5.19. The van der Waals surface area contributed by atoms with E-state index in [4.69, 9.17) is 9.47 Å². The van der Waals surface area contributed by atoms with Crippen LogP contribution in [-0.2, 0) is 19.2 Å². The molecular weight excluding hydrogens is 388 g/mol.